The summed E-state index contributed by atoms with van der Waals surface area (Å²) >= 11 is 0. The average molecular weight is 253 g/mol. The lowest BCUT2D eigenvalue weighted by molar-refractivity contribution is 0.506. The molecule has 0 aliphatic carbocycles. The van der Waals surface area contributed by atoms with Gasteiger partial charge in [0, 0.05) is 24.9 Å². The third-order valence-electron chi connectivity index (χ3n) is 3.11. The van der Waals surface area contributed by atoms with Crippen LogP contribution in [0.25, 0.3) is 11.0 Å². The monoisotopic (exact) mass is 253 g/mol. The first kappa shape index (κ1) is 13.5. The van der Waals surface area contributed by atoms with Crippen molar-refractivity contribution < 1.29 is 0 Å². The van der Waals surface area contributed by atoms with Gasteiger partial charge in [-0.1, -0.05) is 13.0 Å². The molecular formula is C16H19N3. The van der Waals surface area contributed by atoms with Crippen LogP contribution in [0.15, 0.2) is 30.6 Å². The summed E-state index contributed by atoms with van der Waals surface area (Å²) in [4.78, 5) is 8.64. The van der Waals surface area contributed by atoms with E-state index < -0.39 is 0 Å². The smallest absolute Gasteiger partial charge is 0.0890 e. The summed E-state index contributed by atoms with van der Waals surface area (Å²) in [5, 5.41) is 3.54. The first-order valence-corrected chi connectivity index (χ1v) is 6.72. The van der Waals surface area contributed by atoms with Gasteiger partial charge in [-0.25, -0.2) is 0 Å². The van der Waals surface area contributed by atoms with E-state index in [-0.39, 0.29) is 0 Å². The van der Waals surface area contributed by atoms with Crippen molar-refractivity contribution in [2.75, 3.05) is 6.54 Å². The van der Waals surface area contributed by atoms with E-state index in [0.29, 0.717) is 6.04 Å². The zero-order valence-corrected chi connectivity index (χ0v) is 11.3. The number of rotatable bonds is 6. The van der Waals surface area contributed by atoms with Crippen LogP contribution in [0.4, 0.5) is 0 Å². The van der Waals surface area contributed by atoms with Gasteiger partial charge in [-0.2, -0.15) is 0 Å². The molecule has 1 aromatic carbocycles. The highest BCUT2D eigenvalue weighted by molar-refractivity contribution is 5.74. The van der Waals surface area contributed by atoms with Gasteiger partial charge in [0.25, 0.3) is 0 Å². The van der Waals surface area contributed by atoms with Crippen LogP contribution in [0.2, 0.25) is 0 Å². The molecule has 1 atom stereocenters. The Labute approximate surface area is 114 Å². The molecule has 1 aromatic heterocycles. The highest BCUT2D eigenvalue weighted by Gasteiger charge is 2.10. The van der Waals surface area contributed by atoms with Gasteiger partial charge < -0.3 is 5.32 Å². The van der Waals surface area contributed by atoms with Crippen molar-refractivity contribution >= 4 is 11.0 Å². The van der Waals surface area contributed by atoms with Crippen molar-refractivity contribution in [2.24, 2.45) is 0 Å². The van der Waals surface area contributed by atoms with E-state index in [2.05, 4.69) is 40.3 Å². The van der Waals surface area contributed by atoms with Crippen molar-refractivity contribution in [2.45, 2.75) is 32.2 Å². The summed E-state index contributed by atoms with van der Waals surface area (Å²) in [7, 11) is 0. The molecule has 2 rings (SSSR count). The average Bonchev–Trinajstić information content (AvgIpc) is 2.47. The Morgan fingerprint density at radius 1 is 1.26 bits per heavy atom. The highest BCUT2D eigenvalue weighted by atomic mass is 14.9. The molecule has 1 N–H and O–H groups in total. The minimum atomic E-state index is 0.294. The van der Waals surface area contributed by atoms with Crippen LogP contribution in [0.3, 0.4) is 0 Å². The summed E-state index contributed by atoms with van der Waals surface area (Å²) in [6, 6.07) is 6.53. The van der Waals surface area contributed by atoms with Crippen LogP contribution in [0.5, 0.6) is 0 Å². The van der Waals surface area contributed by atoms with Crippen molar-refractivity contribution in [1.82, 2.24) is 15.3 Å². The lowest BCUT2D eigenvalue weighted by Crippen LogP contribution is -2.22. The fraction of sp³-hybridized carbons (Fsp3) is 0.375. The molecule has 19 heavy (non-hydrogen) atoms. The Bertz CT molecular complexity index is 571. The maximum atomic E-state index is 5.37. The van der Waals surface area contributed by atoms with Crippen molar-refractivity contribution in [3.63, 3.8) is 0 Å². The number of hydrogen-bond donors (Lipinski definition) is 1. The van der Waals surface area contributed by atoms with Crippen LogP contribution >= 0.6 is 0 Å². The zero-order valence-electron chi connectivity index (χ0n) is 11.3. The number of nitrogens with zero attached hydrogens (tertiary/aromatic N) is 2. The zero-order chi connectivity index (χ0) is 13.5. The Hall–Kier alpha value is -1.92. The number of terminal acetylenes is 1. The van der Waals surface area contributed by atoms with E-state index in [0.717, 1.165) is 36.8 Å². The molecule has 1 unspecified atom stereocenters. The van der Waals surface area contributed by atoms with E-state index in [1.807, 2.05) is 6.07 Å². The standard InChI is InChI=1S/C16H19N3/c1-3-5-6-14(17-9-4-2)13-7-8-15-16(12-13)19-11-10-18-15/h1,7-8,10-12,14,17H,4-6,9H2,2H3. The van der Waals surface area contributed by atoms with Gasteiger partial charge in [0.2, 0.25) is 0 Å². The van der Waals surface area contributed by atoms with Crippen molar-refractivity contribution in [3.8, 4) is 12.3 Å². The second kappa shape index (κ2) is 6.86. The molecule has 2 aromatic rings. The van der Waals surface area contributed by atoms with E-state index >= 15 is 0 Å². The van der Waals surface area contributed by atoms with Gasteiger partial charge in [0.05, 0.1) is 11.0 Å². The Kier molecular flexibility index (Phi) is 4.88. The van der Waals surface area contributed by atoms with Crippen LogP contribution in [0, 0.1) is 12.3 Å². The predicted molar refractivity (Wildman–Crippen MR) is 78.6 cm³/mol. The van der Waals surface area contributed by atoms with Crippen LogP contribution < -0.4 is 5.32 Å². The van der Waals surface area contributed by atoms with Gasteiger partial charge in [0.1, 0.15) is 0 Å². The molecule has 1 heterocycles. The van der Waals surface area contributed by atoms with Crippen LogP contribution in [-0.2, 0) is 0 Å². The third kappa shape index (κ3) is 3.52. The summed E-state index contributed by atoms with van der Waals surface area (Å²) in [6.07, 6.45) is 11.6. The number of benzene rings is 1. The molecule has 0 amide bonds. The number of hydrogen-bond acceptors (Lipinski definition) is 3. The Morgan fingerprint density at radius 2 is 2.05 bits per heavy atom. The van der Waals surface area contributed by atoms with Crippen molar-refractivity contribution in [1.29, 1.82) is 0 Å². The lowest BCUT2D eigenvalue weighted by atomic mass is 10.0. The van der Waals surface area contributed by atoms with Gasteiger partial charge in [0.15, 0.2) is 0 Å². The van der Waals surface area contributed by atoms with E-state index in [1.165, 1.54) is 5.56 Å². The second-order valence-electron chi connectivity index (χ2n) is 4.55. The summed E-state index contributed by atoms with van der Waals surface area (Å²) in [5.41, 5.74) is 3.10. The van der Waals surface area contributed by atoms with E-state index in [9.17, 15) is 0 Å². The fourth-order valence-corrected chi connectivity index (χ4v) is 2.13. The first-order valence-electron chi connectivity index (χ1n) is 6.72. The molecule has 3 nitrogen and oxygen atoms in total. The molecule has 98 valence electrons. The van der Waals surface area contributed by atoms with Gasteiger partial charge in [-0.05, 0) is 37.1 Å². The minimum Gasteiger partial charge on any atom is -0.310 e. The van der Waals surface area contributed by atoms with Crippen molar-refractivity contribution in [3.05, 3.63) is 36.2 Å². The quantitative estimate of drug-likeness (QED) is 0.804. The molecule has 0 aliphatic rings. The van der Waals surface area contributed by atoms with Gasteiger partial charge in [-0.15, -0.1) is 12.3 Å². The predicted octanol–water partition coefficient (Wildman–Crippen LogP) is 3.08. The Balaban J connectivity index is 2.24. The fourth-order valence-electron chi connectivity index (χ4n) is 2.13. The number of fused-ring (bicyclic) bond motifs is 1. The van der Waals surface area contributed by atoms with E-state index in [4.69, 9.17) is 6.42 Å². The maximum absolute atomic E-state index is 5.37. The number of aromatic nitrogens is 2. The third-order valence-corrected chi connectivity index (χ3v) is 3.11. The van der Waals surface area contributed by atoms with E-state index in [1.54, 1.807) is 12.4 Å². The molecule has 3 heteroatoms. The second-order valence-corrected chi connectivity index (χ2v) is 4.55. The highest BCUT2D eigenvalue weighted by Crippen LogP contribution is 2.21. The molecule has 0 spiro atoms. The largest absolute Gasteiger partial charge is 0.310 e. The molecule has 0 saturated heterocycles. The summed E-state index contributed by atoms with van der Waals surface area (Å²) in [5.74, 6) is 2.71. The molecule has 0 radical (unpaired) electrons. The number of nitrogens with one attached hydrogen (secondary N) is 1. The summed E-state index contributed by atoms with van der Waals surface area (Å²) in [6.45, 7) is 3.16. The van der Waals surface area contributed by atoms with Gasteiger partial charge >= 0.3 is 0 Å². The SMILES string of the molecule is C#CCCC(NCCC)c1ccc2nccnc2c1. The molecular weight excluding hydrogens is 234 g/mol. The maximum Gasteiger partial charge on any atom is 0.0890 e. The Morgan fingerprint density at radius 3 is 2.79 bits per heavy atom. The molecule has 0 bridgehead atoms. The minimum absolute atomic E-state index is 0.294. The van der Waals surface area contributed by atoms with Crippen LogP contribution in [-0.4, -0.2) is 16.5 Å². The summed E-state index contributed by atoms with van der Waals surface area (Å²) < 4.78 is 0. The first-order chi connectivity index (χ1) is 9.35. The molecule has 0 aliphatic heterocycles. The van der Waals surface area contributed by atoms with Crippen LogP contribution in [0.1, 0.15) is 37.8 Å². The molecule has 0 fully saturated rings. The van der Waals surface area contributed by atoms with Gasteiger partial charge in [-0.3, -0.25) is 9.97 Å². The molecule has 0 saturated carbocycles. The topological polar surface area (TPSA) is 37.8 Å². The lowest BCUT2D eigenvalue weighted by Gasteiger charge is -2.18. The normalized spacial score (nSPS) is 12.2.